The van der Waals surface area contributed by atoms with Crippen LogP contribution in [0.25, 0.3) is 0 Å². The summed E-state index contributed by atoms with van der Waals surface area (Å²) in [5.74, 6) is 3.00. The number of aromatic nitrogens is 1. The molecule has 1 heterocycles. The summed E-state index contributed by atoms with van der Waals surface area (Å²) in [6, 6.07) is 3.37. The van der Waals surface area contributed by atoms with Crippen LogP contribution >= 0.6 is 0 Å². The van der Waals surface area contributed by atoms with Crippen molar-refractivity contribution in [2.24, 2.45) is 23.2 Å². The third-order valence-corrected chi connectivity index (χ3v) is 5.99. The zero-order valence-electron chi connectivity index (χ0n) is 13.0. The quantitative estimate of drug-likeness (QED) is 0.836. The van der Waals surface area contributed by atoms with Crippen molar-refractivity contribution in [2.75, 3.05) is 6.54 Å². The molecule has 118 valence electrons. The van der Waals surface area contributed by atoms with Crippen molar-refractivity contribution in [1.82, 2.24) is 5.32 Å². The number of carbonyl (C=O) groups excluding carboxylic acids is 1. The molecule has 1 amide bonds. The van der Waals surface area contributed by atoms with Crippen molar-refractivity contribution in [1.29, 1.82) is 0 Å². The third kappa shape index (κ3) is 2.71. The SMILES string of the molecule is O=C(C[n+]1cccc(O)c1)NCC12CC3CC(CC(C3)C1)C2. The van der Waals surface area contributed by atoms with Gasteiger partial charge in [0.1, 0.15) is 0 Å². The van der Waals surface area contributed by atoms with Gasteiger partial charge in [0.2, 0.25) is 12.7 Å². The fourth-order valence-electron chi connectivity index (χ4n) is 5.62. The van der Waals surface area contributed by atoms with Crippen molar-refractivity contribution in [3.8, 4) is 5.75 Å². The van der Waals surface area contributed by atoms with Gasteiger partial charge in [0.15, 0.2) is 11.9 Å². The van der Waals surface area contributed by atoms with Gasteiger partial charge in [0, 0.05) is 12.6 Å². The summed E-state index contributed by atoms with van der Waals surface area (Å²) in [5.41, 5.74) is 0.383. The Hall–Kier alpha value is -1.58. The Bertz CT molecular complexity index is 549. The Labute approximate surface area is 131 Å². The number of aromatic hydroxyl groups is 1. The molecule has 4 bridgehead atoms. The van der Waals surface area contributed by atoms with Crippen molar-refractivity contribution in [2.45, 2.75) is 45.1 Å². The number of carbonyl (C=O) groups is 1. The van der Waals surface area contributed by atoms with Crippen molar-refractivity contribution < 1.29 is 14.5 Å². The number of hydrogen-bond donors (Lipinski definition) is 2. The molecule has 1 aromatic rings. The molecule has 4 nitrogen and oxygen atoms in total. The molecule has 4 fully saturated rings. The van der Waals surface area contributed by atoms with Crippen LogP contribution in [0.3, 0.4) is 0 Å². The molecule has 4 aliphatic carbocycles. The second-order valence-electron chi connectivity index (χ2n) is 7.93. The molecule has 5 rings (SSSR count). The standard InChI is InChI=1S/C18H24N2O2/c21-16-2-1-3-20(10-16)11-17(22)19-12-18-7-13-4-14(8-18)6-15(5-13)9-18/h1-3,10,13-15H,4-9,11-12H2,(H-,19,21,22)/p+1. The van der Waals surface area contributed by atoms with Gasteiger partial charge in [0.05, 0.1) is 0 Å². The number of nitrogens with one attached hydrogen (secondary N) is 1. The van der Waals surface area contributed by atoms with E-state index in [4.69, 9.17) is 0 Å². The summed E-state index contributed by atoms with van der Waals surface area (Å²) in [5, 5.41) is 12.6. The van der Waals surface area contributed by atoms with Gasteiger partial charge in [-0.3, -0.25) is 4.79 Å². The van der Waals surface area contributed by atoms with Crippen LogP contribution in [-0.2, 0) is 11.3 Å². The summed E-state index contributed by atoms with van der Waals surface area (Å²) < 4.78 is 1.73. The smallest absolute Gasteiger partial charge is 0.286 e. The fourth-order valence-corrected chi connectivity index (χ4v) is 5.62. The maximum Gasteiger partial charge on any atom is 0.286 e. The van der Waals surface area contributed by atoms with Gasteiger partial charge < -0.3 is 10.4 Å². The van der Waals surface area contributed by atoms with Crippen LogP contribution in [0.4, 0.5) is 0 Å². The molecule has 22 heavy (non-hydrogen) atoms. The fraction of sp³-hybridized carbons (Fsp3) is 0.667. The van der Waals surface area contributed by atoms with E-state index in [0.717, 1.165) is 24.3 Å². The topological polar surface area (TPSA) is 53.2 Å². The highest BCUT2D eigenvalue weighted by atomic mass is 16.3. The molecular formula is C18H25N2O2+. The van der Waals surface area contributed by atoms with Gasteiger partial charge in [-0.25, -0.2) is 0 Å². The zero-order chi connectivity index (χ0) is 15.2. The lowest BCUT2D eigenvalue weighted by Crippen LogP contribution is -2.52. The Kier molecular flexibility index (Phi) is 3.35. The summed E-state index contributed by atoms with van der Waals surface area (Å²) in [4.78, 5) is 12.2. The highest BCUT2D eigenvalue weighted by Gasteiger charge is 2.50. The van der Waals surface area contributed by atoms with Crippen LogP contribution in [0.2, 0.25) is 0 Å². The number of nitrogens with zero attached hydrogens (tertiary/aromatic N) is 1. The third-order valence-electron chi connectivity index (χ3n) is 5.99. The van der Waals surface area contributed by atoms with E-state index in [1.165, 1.54) is 38.5 Å². The van der Waals surface area contributed by atoms with E-state index < -0.39 is 0 Å². The predicted octanol–water partition coefficient (Wildman–Crippen LogP) is 2.01. The van der Waals surface area contributed by atoms with Gasteiger partial charge in [0.25, 0.3) is 5.91 Å². The van der Waals surface area contributed by atoms with Crippen LogP contribution in [-0.4, -0.2) is 17.6 Å². The lowest BCUT2D eigenvalue weighted by Gasteiger charge is -2.56. The molecular weight excluding hydrogens is 276 g/mol. The van der Waals surface area contributed by atoms with Gasteiger partial charge in [-0.1, -0.05) is 0 Å². The minimum atomic E-state index is 0.0475. The van der Waals surface area contributed by atoms with Crippen molar-refractivity contribution in [3.63, 3.8) is 0 Å². The number of amides is 1. The molecule has 4 heteroatoms. The first kappa shape index (κ1) is 14.0. The van der Waals surface area contributed by atoms with Crippen LogP contribution < -0.4 is 9.88 Å². The van der Waals surface area contributed by atoms with Gasteiger partial charge in [-0.2, -0.15) is 4.57 Å². The first-order chi connectivity index (χ1) is 10.6. The maximum atomic E-state index is 12.2. The molecule has 4 saturated carbocycles. The first-order valence-electron chi connectivity index (χ1n) is 8.55. The van der Waals surface area contributed by atoms with E-state index in [1.807, 2.05) is 6.20 Å². The summed E-state index contributed by atoms with van der Waals surface area (Å²) in [6.45, 7) is 1.12. The van der Waals surface area contributed by atoms with Crippen molar-refractivity contribution in [3.05, 3.63) is 24.5 Å². The highest BCUT2D eigenvalue weighted by Crippen LogP contribution is 2.59. The van der Waals surface area contributed by atoms with Crippen LogP contribution in [0, 0.1) is 23.2 Å². The van der Waals surface area contributed by atoms with Crippen molar-refractivity contribution >= 4 is 5.91 Å². The minimum Gasteiger partial charge on any atom is -0.503 e. The average molecular weight is 301 g/mol. The molecule has 0 saturated heterocycles. The van der Waals surface area contributed by atoms with E-state index in [-0.39, 0.29) is 18.2 Å². The lowest BCUT2D eigenvalue weighted by molar-refractivity contribution is -0.684. The molecule has 2 N–H and O–H groups in total. The number of pyridine rings is 1. The lowest BCUT2D eigenvalue weighted by atomic mass is 9.49. The molecule has 0 aliphatic heterocycles. The van der Waals surface area contributed by atoms with E-state index in [1.54, 1.807) is 22.9 Å². The second-order valence-corrected chi connectivity index (χ2v) is 7.93. The van der Waals surface area contributed by atoms with Crippen LogP contribution in [0.1, 0.15) is 38.5 Å². The average Bonchev–Trinajstić information content (AvgIpc) is 2.44. The minimum absolute atomic E-state index is 0.0475. The molecule has 0 atom stereocenters. The Morgan fingerprint density at radius 2 is 1.86 bits per heavy atom. The molecule has 1 aromatic heterocycles. The van der Waals surface area contributed by atoms with E-state index in [0.29, 0.717) is 5.41 Å². The summed E-state index contributed by atoms with van der Waals surface area (Å²) in [7, 11) is 0. The summed E-state index contributed by atoms with van der Waals surface area (Å²) in [6.07, 6.45) is 11.7. The number of rotatable bonds is 4. The first-order valence-corrected chi connectivity index (χ1v) is 8.55. The molecule has 4 aliphatic rings. The largest absolute Gasteiger partial charge is 0.503 e. The molecule has 0 spiro atoms. The van der Waals surface area contributed by atoms with Gasteiger partial charge >= 0.3 is 0 Å². The predicted molar refractivity (Wildman–Crippen MR) is 81.9 cm³/mol. The van der Waals surface area contributed by atoms with Gasteiger partial charge in [-0.15, -0.1) is 0 Å². The Morgan fingerprint density at radius 1 is 1.23 bits per heavy atom. The van der Waals surface area contributed by atoms with E-state index in [2.05, 4.69) is 5.32 Å². The second kappa shape index (κ2) is 5.25. The monoisotopic (exact) mass is 301 g/mol. The molecule has 0 radical (unpaired) electrons. The zero-order valence-corrected chi connectivity index (χ0v) is 13.0. The Balaban J connectivity index is 1.35. The van der Waals surface area contributed by atoms with E-state index in [9.17, 15) is 9.90 Å². The van der Waals surface area contributed by atoms with Gasteiger partial charge in [-0.05, 0) is 67.8 Å². The highest BCUT2D eigenvalue weighted by molar-refractivity contribution is 5.74. The van der Waals surface area contributed by atoms with E-state index >= 15 is 0 Å². The van der Waals surface area contributed by atoms with Crippen LogP contribution in [0.5, 0.6) is 5.75 Å². The normalized spacial score (nSPS) is 35.5. The maximum absolute atomic E-state index is 12.2. The van der Waals surface area contributed by atoms with Crippen LogP contribution in [0.15, 0.2) is 24.5 Å². The number of hydrogen-bond acceptors (Lipinski definition) is 2. The Morgan fingerprint density at radius 3 is 2.45 bits per heavy atom. The summed E-state index contributed by atoms with van der Waals surface area (Å²) >= 11 is 0. The molecule has 0 aromatic carbocycles. The molecule has 0 unspecified atom stereocenters.